The van der Waals surface area contributed by atoms with Crippen LogP contribution in [0, 0.1) is 5.82 Å². The minimum Gasteiger partial charge on any atom is -0.378 e. The van der Waals surface area contributed by atoms with Gasteiger partial charge >= 0.3 is 0 Å². The number of nitrogens with zero attached hydrogens (tertiary/aromatic N) is 6. The number of rotatable bonds is 6. The highest BCUT2D eigenvalue weighted by atomic mass is 32.2. The first kappa shape index (κ1) is 21.4. The average molecular weight is 477 g/mol. The Morgan fingerprint density at radius 2 is 1.76 bits per heavy atom. The van der Waals surface area contributed by atoms with Gasteiger partial charge in [-0.2, -0.15) is 5.10 Å². The average Bonchev–Trinajstić information content (AvgIpc) is 3.60. The van der Waals surface area contributed by atoms with Crippen molar-refractivity contribution >= 4 is 17.7 Å². The van der Waals surface area contributed by atoms with Gasteiger partial charge in [0, 0.05) is 24.5 Å². The Balaban J connectivity index is 1.33. The number of ether oxygens (including phenoxy) is 1. The van der Waals surface area contributed by atoms with E-state index in [-0.39, 0.29) is 5.82 Å². The molecule has 0 unspecified atom stereocenters. The minimum atomic E-state index is -0.283. The molecule has 1 fully saturated rings. The summed E-state index contributed by atoms with van der Waals surface area (Å²) in [4.78, 5) is 2.15. The quantitative estimate of drug-likeness (QED) is 0.389. The smallest absolute Gasteiger partial charge is 0.232 e. The Labute approximate surface area is 201 Å². The van der Waals surface area contributed by atoms with E-state index in [2.05, 4.69) is 31.9 Å². The van der Waals surface area contributed by atoms with Gasteiger partial charge < -0.3 is 9.64 Å². The molecule has 1 aliphatic carbocycles. The van der Waals surface area contributed by atoms with Gasteiger partial charge in [-0.3, -0.25) is 4.57 Å². The maximum atomic E-state index is 14.1. The lowest BCUT2D eigenvalue weighted by molar-refractivity contribution is 0.122. The highest BCUT2D eigenvalue weighted by molar-refractivity contribution is 7.98. The van der Waals surface area contributed by atoms with Crippen LogP contribution in [-0.2, 0) is 23.3 Å². The van der Waals surface area contributed by atoms with Gasteiger partial charge in [-0.05, 0) is 55.2 Å². The summed E-state index contributed by atoms with van der Waals surface area (Å²) in [6.07, 6.45) is 3.24. The Morgan fingerprint density at radius 3 is 2.59 bits per heavy atom. The summed E-state index contributed by atoms with van der Waals surface area (Å²) >= 11 is 1.59. The molecule has 6 rings (SSSR count). The fourth-order valence-corrected chi connectivity index (χ4v) is 5.62. The zero-order valence-electron chi connectivity index (χ0n) is 18.7. The maximum absolute atomic E-state index is 14.1. The first-order valence-electron chi connectivity index (χ1n) is 11.6. The van der Waals surface area contributed by atoms with E-state index in [4.69, 9.17) is 9.84 Å². The zero-order valence-corrected chi connectivity index (χ0v) is 19.5. The van der Waals surface area contributed by atoms with E-state index < -0.39 is 0 Å². The van der Waals surface area contributed by atoms with Gasteiger partial charge in [0.2, 0.25) is 5.95 Å². The molecule has 174 valence electrons. The number of morpholine rings is 1. The van der Waals surface area contributed by atoms with Crippen molar-refractivity contribution in [2.75, 3.05) is 31.2 Å². The lowest BCUT2D eigenvalue weighted by Gasteiger charge is -2.27. The second kappa shape index (κ2) is 9.23. The van der Waals surface area contributed by atoms with E-state index in [1.165, 1.54) is 23.4 Å². The van der Waals surface area contributed by atoms with E-state index in [1.54, 1.807) is 17.8 Å². The number of thioether (sulfide) groups is 1. The Bertz CT molecular complexity index is 1300. The molecule has 2 aliphatic rings. The molecule has 2 aromatic carbocycles. The molecule has 9 heteroatoms. The summed E-state index contributed by atoms with van der Waals surface area (Å²) in [7, 11) is 0. The predicted octanol–water partition coefficient (Wildman–Crippen LogP) is 4.21. The van der Waals surface area contributed by atoms with Crippen LogP contribution in [0.4, 0.5) is 10.3 Å². The summed E-state index contributed by atoms with van der Waals surface area (Å²) in [6.45, 7) is 2.74. The van der Waals surface area contributed by atoms with Crippen LogP contribution in [0.5, 0.6) is 0 Å². The number of hydrogen-bond acceptors (Lipinski definition) is 6. The molecule has 1 saturated heterocycles. The second-order valence-electron chi connectivity index (χ2n) is 8.46. The minimum absolute atomic E-state index is 0.283. The van der Waals surface area contributed by atoms with E-state index in [0.29, 0.717) is 24.7 Å². The van der Waals surface area contributed by atoms with Crippen LogP contribution in [0.25, 0.3) is 11.4 Å². The zero-order chi connectivity index (χ0) is 22.9. The van der Waals surface area contributed by atoms with Crippen LogP contribution >= 0.6 is 11.8 Å². The molecule has 0 radical (unpaired) electrons. The van der Waals surface area contributed by atoms with Gasteiger partial charge in [-0.25, -0.2) is 9.07 Å². The number of para-hydroxylation sites is 1. The third kappa shape index (κ3) is 3.99. The number of benzene rings is 2. The number of hydrogen-bond donors (Lipinski definition) is 0. The summed E-state index contributed by atoms with van der Waals surface area (Å²) in [5.41, 5.74) is 5.55. The topological polar surface area (TPSA) is 61.0 Å². The van der Waals surface area contributed by atoms with E-state index >= 15 is 0 Å². The molecular formula is C25H25FN6OS. The first-order chi connectivity index (χ1) is 16.8. The number of anilines is 1. The first-order valence-corrected chi connectivity index (χ1v) is 12.6. The van der Waals surface area contributed by atoms with Crippen molar-refractivity contribution in [3.8, 4) is 11.4 Å². The molecule has 3 heterocycles. The fourth-order valence-electron chi connectivity index (χ4n) is 4.71. The van der Waals surface area contributed by atoms with Gasteiger partial charge in [0.1, 0.15) is 5.82 Å². The van der Waals surface area contributed by atoms with Crippen LogP contribution in [-0.4, -0.2) is 50.8 Å². The van der Waals surface area contributed by atoms with Crippen molar-refractivity contribution < 1.29 is 9.13 Å². The third-order valence-electron chi connectivity index (χ3n) is 6.33. The van der Waals surface area contributed by atoms with Crippen molar-refractivity contribution in [3.05, 3.63) is 77.4 Å². The lowest BCUT2D eigenvalue weighted by atomic mass is 10.2. The fraction of sp³-hybridized carbons (Fsp3) is 0.320. The Kier molecular flexibility index (Phi) is 5.80. The predicted molar refractivity (Wildman–Crippen MR) is 129 cm³/mol. The molecule has 7 nitrogen and oxygen atoms in total. The maximum Gasteiger partial charge on any atom is 0.232 e. The SMILES string of the molecule is Fc1cccc(-n2c(SCc3nn(-c4ccccc4)c4c3CCC4)nnc2N2CCOCC2)c1. The highest BCUT2D eigenvalue weighted by Gasteiger charge is 2.25. The van der Waals surface area contributed by atoms with E-state index in [9.17, 15) is 4.39 Å². The highest BCUT2D eigenvalue weighted by Crippen LogP contribution is 2.33. The van der Waals surface area contributed by atoms with Gasteiger partial charge in [0.05, 0.1) is 30.3 Å². The Morgan fingerprint density at radius 1 is 0.941 bits per heavy atom. The van der Waals surface area contributed by atoms with Crippen molar-refractivity contribution in [3.63, 3.8) is 0 Å². The van der Waals surface area contributed by atoms with E-state index in [1.807, 2.05) is 28.8 Å². The van der Waals surface area contributed by atoms with Gasteiger partial charge in [0.25, 0.3) is 0 Å². The lowest BCUT2D eigenvalue weighted by Crippen LogP contribution is -2.37. The standard InChI is InChI=1S/C25H25FN6OS/c26-18-6-4-9-20(16-18)31-24(30-12-14-33-15-13-30)27-28-25(31)34-17-22-21-10-5-11-23(21)32(29-22)19-7-2-1-3-8-19/h1-4,6-9,16H,5,10-15,17H2. The van der Waals surface area contributed by atoms with Crippen LogP contribution in [0.15, 0.2) is 59.8 Å². The van der Waals surface area contributed by atoms with Crippen LogP contribution in [0.3, 0.4) is 0 Å². The number of aromatic nitrogens is 5. The monoisotopic (exact) mass is 476 g/mol. The molecule has 4 aromatic rings. The van der Waals surface area contributed by atoms with Crippen LogP contribution in [0.2, 0.25) is 0 Å². The summed E-state index contributed by atoms with van der Waals surface area (Å²) in [5.74, 6) is 1.12. The van der Waals surface area contributed by atoms with Crippen molar-refractivity contribution in [2.45, 2.75) is 30.2 Å². The third-order valence-corrected chi connectivity index (χ3v) is 7.27. The number of halogens is 1. The molecule has 34 heavy (non-hydrogen) atoms. The molecule has 0 N–H and O–H groups in total. The van der Waals surface area contributed by atoms with Gasteiger partial charge in [-0.1, -0.05) is 36.0 Å². The molecule has 1 aliphatic heterocycles. The van der Waals surface area contributed by atoms with Gasteiger partial charge in [0.15, 0.2) is 5.16 Å². The van der Waals surface area contributed by atoms with Crippen LogP contribution in [0.1, 0.15) is 23.4 Å². The molecule has 0 bridgehead atoms. The molecular weight excluding hydrogens is 451 g/mol. The molecule has 0 amide bonds. The summed E-state index contributed by atoms with van der Waals surface area (Å²) in [6, 6.07) is 16.9. The summed E-state index contributed by atoms with van der Waals surface area (Å²) in [5, 5.41) is 14.7. The molecule has 2 aromatic heterocycles. The largest absolute Gasteiger partial charge is 0.378 e. The molecule has 0 atom stereocenters. The van der Waals surface area contributed by atoms with Crippen molar-refractivity contribution in [1.29, 1.82) is 0 Å². The Hall–Kier alpha value is -3.17. The summed E-state index contributed by atoms with van der Waals surface area (Å²) < 4.78 is 23.7. The van der Waals surface area contributed by atoms with Gasteiger partial charge in [-0.15, -0.1) is 10.2 Å². The van der Waals surface area contributed by atoms with Crippen molar-refractivity contribution in [1.82, 2.24) is 24.5 Å². The number of fused-ring (bicyclic) bond motifs is 1. The van der Waals surface area contributed by atoms with Crippen LogP contribution < -0.4 is 4.90 Å². The van der Waals surface area contributed by atoms with E-state index in [0.717, 1.165) is 54.8 Å². The molecule has 0 spiro atoms. The van der Waals surface area contributed by atoms with Crippen molar-refractivity contribution in [2.24, 2.45) is 0 Å². The molecule has 0 saturated carbocycles. The normalized spacial score (nSPS) is 15.6. The second-order valence-corrected chi connectivity index (χ2v) is 9.40.